The Bertz CT molecular complexity index is 290. The molecule has 0 atom stereocenters. The van der Waals surface area contributed by atoms with Gasteiger partial charge in [-0.25, -0.2) is 0 Å². The molecule has 104 valence electrons. The fraction of sp³-hybridized carbons (Fsp3) is 1.00. The van der Waals surface area contributed by atoms with Crippen LogP contribution in [0.4, 0.5) is 0 Å². The monoisotopic (exact) mass is 254 g/mol. The molecular weight excluding hydrogens is 227 g/mol. The molecule has 1 N–H and O–H groups in total. The highest BCUT2D eigenvalue weighted by atomic mass is 16.7. The van der Waals surface area contributed by atoms with Crippen molar-refractivity contribution < 1.29 is 14.4 Å². The SMILES string of the molecule is CC1(CO)CCC(B2OC(C)(C)C(C)(C)O2)CC1. The lowest BCUT2D eigenvalue weighted by molar-refractivity contribution is 0.00578. The molecule has 0 spiro atoms. The van der Waals surface area contributed by atoms with E-state index in [2.05, 4.69) is 34.6 Å². The van der Waals surface area contributed by atoms with Gasteiger partial charge in [-0.05, 0) is 51.8 Å². The summed E-state index contributed by atoms with van der Waals surface area (Å²) >= 11 is 0. The van der Waals surface area contributed by atoms with Gasteiger partial charge in [-0.2, -0.15) is 0 Å². The summed E-state index contributed by atoms with van der Waals surface area (Å²) in [7, 11) is -0.0711. The van der Waals surface area contributed by atoms with Crippen LogP contribution in [0.3, 0.4) is 0 Å². The highest BCUT2D eigenvalue weighted by Crippen LogP contribution is 2.47. The third kappa shape index (κ3) is 2.47. The van der Waals surface area contributed by atoms with Gasteiger partial charge >= 0.3 is 7.12 Å². The van der Waals surface area contributed by atoms with Crippen LogP contribution in [-0.4, -0.2) is 30.0 Å². The van der Waals surface area contributed by atoms with Crippen LogP contribution in [0.25, 0.3) is 0 Å². The highest BCUT2D eigenvalue weighted by molar-refractivity contribution is 6.47. The third-order valence-corrected chi connectivity index (χ3v) is 5.28. The molecule has 0 amide bonds. The average Bonchev–Trinajstić information content (AvgIpc) is 2.49. The number of aliphatic hydroxyl groups excluding tert-OH is 1. The molecule has 0 aromatic rings. The molecule has 0 aromatic carbocycles. The lowest BCUT2D eigenvalue weighted by Crippen LogP contribution is -2.41. The zero-order valence-corrected chi connectivity index (χ0v) is 12.5. The number of aliphatic hydroxyl groups is 1. The molecule has 0 aromatic heterocycles. The summed E-state index contributed by atoms with van der Waals surface area (Å²) < 4.78 is 12.2. The smallest absolute Gasteiger partial charge is 0.403 e. The van der Waals surface area contributed by atoms with Gasteiger partial charge < -0.3 is 14.4 Å². The fourth-order valence-corrected chi connectivity index (χ4v) is 2.85. The van der Waals surface area contributed by atoms with E-state index >= 15 is 0 Å². The summed E-state index contributed by atoms with van der Waals surface area (Å²) in [6.07, 6.45) is 4.32. The summed E-state index contributed by atoms with van der Waals surface area (Å²) in [4.78, 5) is 0. The summed E-state index contributed by atoms with van der Waals surface area (Å²) in [5, 5.41) is 9.41. The fourth-order valence-electron chi connectivity index (χ4n) is 2.85. The van der Waals surface area contributed by atoms with Gasteiger partial charge in [0.15, 0.2) is 0 Å². The van der Waals surface area contributed by atoms with Crippen molar-refractivity contribution in [1.29, 1.82) is 0 Å². The first-order valence-corrected chi connectivity index (χ1v) is 7.16. The summed E-state index contributed by atoms with van der Waals surface area (Å²) in [5.41, 5.74) is -0.342. The average molecular weight is 254 g/mol. The van der Waals surface area contributed by atoms with Gasteiger partial charge in [-0.1, -0.05) is 19.8 Å². The maximum absolute atomic E-state index is 9.41. The van der Waals surface area contributed by atoms with Crippen molar-refractivity contribution in [3.05, 3.63) is 0 Å². The van der Waals surface area contributed by atoms with E-state index in [1.54, 1.807) is 0 Å². The normalized spacial score (nSPS) is 39.0. The van der Waals surface area contributed by atoms with Crippen LogP contribution in [-0.2, 0) is 9.31 Å². The second-order valence-electron chi connectivity index (χ2n) is 7.43. The van der Waals surface area contributed by atoms with Gasteiger partial charge in [0.2, 0.25) is 0 Å². The first-order valence-electron chi connectivity index (χ1n) is 7.16. The molecule has 1 saturated heterocycles. The van der Waals surface area contributed by atoms with E-state index < -0.39 is 0 Å². The summed E-state index contributed by atoms with van der Waals surface area (Å²) in [5.74, 6) is 0.477. The Morgan fingerprint density at radius 2 is 1.44 bits per heavy atom. The molecule has 18 heavy (non-hydrogen) atoms. The molecular formula is C14H27BO3. The minimum Gasteiger partial charge on any atom is -0.403 e. The molecule has 2 aliphatic rings. The number of rotatable bonds is 2. The molecule has 1 saturated carbocycles. The molecule has 0 radical (unpaired) electrons. The van der Waals surface area contributed by atoms with Gasteiger partial charge in [-0.3, -0.25) is 0 Å². The van der Waals surface area contributed by atoms with Crippen LogP contribution in [0.15, 0.2) is 0 Å². The van der Waals surface area contributed by atoms with Crippen molar-refractivity contribution in [2.45, 2.75) is 77.3 Å². The van der Waals surface area contributed by atoms with Crippen LogP contribution in [0.1, 0.15) is 60.3 Å². The maximum Gasteiger partial charge on any atom is 0.461 e. The second-order valence-corrected chi connectivity index (χ2v) is 7.43. The Morgan fingerprint density at radius 3 is 1.83 bits per heavy atom. The number of hydrogen-bond acceptors (Lipinski definition) is 3. The van der Waals surface area contributed by atoms with Crippen molar-refractivity contribution >= 4 is 7.12 Å². The lowest BCUT2D eigenvalue weighted by Gasteiger charge is -2.36. The van der Waals surface area contributed by atoms with Crippen LogP contribution in [0, 0.1) is 5.41 Å². The molecule has 2 rings (SSSR count). The molecule has 0 bridgehead atoms. The van der Waals surface area contributed by atoms with Gasteiger partial charge in [0.05, 0.1) is 11.2 Å². The quantitative estimate of drug-likeness (QED) is 0.770. The Kier molecular flexibility index (Phi) is 3.59. The van der Waals surface area contributed by atoms with E-state index in [1.165, 1.54) is 0 Å². The zero-order valence-electron chi connectivity index (χ0n) is 12.5. The molecule has 2 fully saturated rings. The Labute approximate surface area is 111 Å². The topological polar surface area (TPSA) is 38.7 Å². The molecule has 1 aliphatic carbocycles. The minimum absolute atomic E-state index is 0.0711. The van der Waals surface area contributed by atoms with E-state index in [-0.39, 0.29) is 23.7 Å². The Balaban J connectivity index is 1.96. The highest BCUT2D eigenvalue weighted by Gasteiger charge is 2.54. The molecule has 0 unspecified atom stereocenters. The van der Waals surface area contributed by atoms with E-state index in [0.717, 1.165) is 25.7 Å². The van der Waals surface area contributed by atoms with E-state index in [1.807, 2.05) is 0 Å². The third-order valence-electron chi connectivity index (χ3n) is 5.28. The summed E-state index contributed by atoms with van der Waals surface area (Å²) in [6, 6.07) is 0. The predicted molar refractivity (Wildman–Crippen MR) is 73.5 cm³/mol. The molecule has 1 aliphatic heterocycles. The minimum atomic E-state index is -0.227. The molecule has 4 heteroatoms. The van der Waals surface area contributed by atoms with E-state index in [9.17, 15) is 5.11 Å². The van der Waals surface area contributed by atoms with Crippen molar-refractivity contribution in [3.63, 3.8) is 0 Å². The van der Waals surface area contributed by atoms with Crippen molar-refractivity contribution in [2.24, 2.45) is 5.41 Å². The first-order chi connectivity index (χ1) is 8.19. The Hall–Kier alpha value is -0.0551. The van der Waals surface area contributed by atoms with Crippen LogP contribution >= 0.6 is 0 Å². The maximum atomic E-state index is 9.41. The lowest BCUT2D eigenvalue weighted by atomic mass is 9.59. The molecule has 3 nitrogen and oxygen atoms in total. The van der Waals surface area contributed by atoms with E-state index in [0.29, 0.717) is 12.4 Å². The largest absolute Gasteiger partial charge is 0.461 e. The van der Waals surface area contributed by atoms with Crippen molar-refractivity contribution in [2.75, 3.05) is 6.61 Å². The van der Waals surface area contributed by atoms with Gasteiger partial charge in [0.1, 0.15) is 0 Å². The standard InChI is InChI=1S/C14H27BO3/c1-12(2)13(3,4)18-15(17-12)11-6-8-14(5,10-16)9-7-11/h11,16H,6-10H2,1-5H3. The molecule has 1 heterocycles. The van der Waals surface area contributed by atoms with Crippen molar-refractivity contribution in [3.8, 4) is 0 Å². The predicted octanol–water partition coefficient (Wildman–Crippen LogP) is 3.02. The van der Waals surface area contributed by atoms with Gasteiger partial charge in [0.25, 0.3) is 0 Å². The van der Waals surface area contributed by atoms with Crippen LogP contribution in [0.5, 0.6) is 0 Å². The first kappa shape index (κ1) is 14.4. The second kappa shape index (κ2) is 4.50. The van der Waals surface area contributed by atoms with Crippen molar-refractivity contribution in [1.82, 2.24) is 0 Å². The van der Waals surface area contributed by atoms with E-state index in [4.69, 9.17) is 9.31 Å². The van der Waals surface area contributed by atoms with Gasteiger partial charge in [-0.15, -0.1) is 0 Å². The van der Waals surface area contributed by atoms with Crippen LogP contribution in [0.2, 0.25) is 5.82 Å². The Morgan fingerprint density at radius 1 is 1.00 bits per heavy atom. The number of hydrogen-bond donors (Lipinski definition) is 1. The van der Waals surface area contributed by atoms with Gasteiger partial charge in [0, 0.05) is 6.61 Å². The zero-order chi connectivity index (χ0) is 13.6. The van der Waals surface area contributed by atoms with Crippen LogP contribution < -0.4 is 0 Å². The summed E-state index contributed by atoms with van der Waals surface area (Å²) in [6.45, 7) is 10.9.